The summed E-state index contributed by atoms with van der Waals surface area (Å²) in [7, 11) is 0. The van der Waals surface area contributed by atoms with Crippen molar-refractivity contribution in [1.29, 1.82) is 0 Å². The summed E-state index contributed by atoms with van der Waals surface area (Å²) in [6.07, 6.45) is 0. The molecule has 2 aromatic heterocycles. The average Bonchev–Trinajstić information content (AvgIpc) is 3.15. The molecule has 0 aliphatic heterocycles. The van der Waals surface area contributed by atoms with Gasteiger partial charge in [0.15, 0.2) is 6.61 Å². The molecule has 4 rings (SSSR count). The highest BCUT2D eigenvalue weighted by atomic mass is 16.6. The lowest BCUT2D eigenvalue weighted by Gasteiger charge is -2.05. The molecule has 0 saturated heterocycles. The number of nitro benzene ring substituents is 1. The van der Waals surface area contributed by atoms with E-state index in [1.807, 2.05) is 6.92 Å². The number of non-ortho nitro benzene ring substituents is 1. The van der Waals surface area contributed by atoms with Crippen molar-refractivity contribution >= 4 is 16.7 Å². The molecular formula is C19H13N3O6. The summed E-state index contributed by atoms with van der Waals surface area (Å²) >= 11 is 0. The number of hydrogen-bond acceptors (Lipinski definition) is 8. The molecule has 2 heterocycles. The van der Waals surface area contributed by atoms with Gasteiger partial charge in [-0.05, 0) is 36.8 Å². The summed E-state index contributed by atoms with van der Waals surface area (Å²) in [6.45, 7) is 1.85. The molecule has 2 aromatic carbocycles. The monoisotopic (exact) mass is 379 g/mol. The number of aryl methyl sites for hydroxylation is 1. The molecule has 28 heavy (non-hydrogen) atoms. The molecule has 0 atom stereocenters. The van der Waals surface area contributed by atoms with Crippen LogP contribution in [0.2, 0.25) is 0 Å². The van der Waals surface area contributed by atoms with Crippen LogP contribution < -0.4 is 10.4 Å². The number of ether oxygens (including phenoxy) is 1. The van der Waals surface area contributed by atoms with E-state index in [0.717, 1.165) is 10.9 Å². The summed E-state index contributed by atoms with van der Waals surface area (Å²) in [5, 5.41) is 19.4. The number of nitrogens with zero attached hydrogens (tertiary/aromatic N) is 3. The molecular weight excluding hydrogens is 366 g/mol. The average molecular weight is 379 g/mol. The van der Waals surface area contributed by atoms with Gasteiger partial charge in [0, 0.05) is 35.2 Å². The van der Waals surface area contributed by atoms with Crippen molar-refractivity contribution in [2.24, 2.45) is 0 Å². The molecule has 0 unspecified atom stereocenters. The van der Waals surface area contributed by atoms with Crippen molar-refractivity contribution in [3.8, 4) is 17.2 Å². The summed E-state index contributed by atoms with van der Waals surface area (Å²) < 4.78 is 16.3. The van der Waals surface area contributed by atoms with E-state index in [1.54, 1.807) is 18.2 Å². The summed E-state index contributed by atoms with van der Waals surface area (Å²) in [6, 6.07) is 12.4. The maximum atomic E-state index is 11.5. The number of nitro groups is 1. The van der Waals surface area contributed by atoms with E-state index in [2.05, 4.69) is 10.2 Å². The van der Waals surface area contributed by atoms with Crippen molar-refractivity contribution in [1.82, 2.24) is 10.2 Å². The van der Waals surface area contributed by atoms with Crippen molar-refractivity contribution in [2.45, 2.75) is 13.5 Å². The Bertz CT molecular complexity index is 1230. The zero-order valence-electron chi connectivity index (χ0n) is 14.6. The van der Waals surface area contributed by atoms with Gasteiger partial charge >= 0.3 is 5.63 Å². The van der Waals surface area contributed by atoms with Crippen LogP contribution in [0.3, 0.4) is 0 Å². The third kappa shape index (κ3) is 3.45. The minimum atomic E-state index is -0.482. The number of benzene rings is 2. The van der Waals surface area contributed by atoms with Gasteiger partial charge in [-0.2, -0.15) is 0 Å². The maximum absolute atomic E-state index is 11.5. The van der Waals surface area contributed by atoms with Crippen LogP contribution in [0.4, 0.5) is 5.69 Å². The molecule has 4 aromatic rings. The van der Waals surface area contributed by atoms with Gasteiger partial charge in [0.05, 0.1) is 4.92 Å². The minimum Gasteiger partial charge on any atom is -0.484 e. The lowest BCUT2D eigenvalue weighted by Crippen LogP contribution is -1.99. The topological polar surface area (TPSA) is 122 Å². The molecule has 0 fully saturated rings. The fourth-order valence-corrected chi connectivity index (χ4v) is 2.69. The van der Waals surface area contributed by atoms with Crippen molar-refractivity contribution in [3.05, 3.63) is 80.5 Å². The highest BCUT2D eigenvalue weighted by molar-refractivity contribution is 5.81. The third-order valence-electron chi connectivity index (χ3n) is 4.08. The molecule has 140 valence electrons. The largest absolute Gasteiger partial charge is 0.484 e. The van der Waals surface area contributed by atoms with Crippen molar-refractivity contribution in [3.63, 3.8) is 0 Å². The molecule has 0 saturated carbocycles. The van der Waals surface area contributed by atoms with Gasteiger partial charge in [0.1, 0.15) is 11.3 Å². The molecule has 0 bridgehead atoms. The van der Waals surface area contributed by atoms with Crippen LogP contribution >= 0.6 is 0 Å². The van der Waals surface area contributed by atoms with Gasteiger partial charge in [-0.1, -0.05) is 0 Å². The minimum absolute atomic E-state index is 0.0154. The molecule has 0 amide bonds. The number of aromatic nitrogens is 2. The second-order valence-corrected chi connectivity index (χ2v) is 6.00. The fourth-order valence-electron chi connectivity index (χ4n) is 2.69. The first-order valence-electron chi connectivity index (χ1n) is 8.24. The van der Waals surface area contributed by atoms with Crippen LogP contribution in [-0.4, -0.2) is 15.1 Å². The first-order chi connectivity index (χ1) is 13.5. The Labute approximate surface area is 157 Å². The van der Waals surface area contributed by atoms with Crippen LogP contribution in [-0.2, 0) is 6.61 Å². The van der Waals surface area contributed by atoms with E-state index < -0.39 is 10.5 Å². The van der Waals surface area contributed by atoms with Gasteiger partial charge < -0.3 is 13.6 Å². The number of fused-ring (bicyclic) bond motifs is 1. The SMILES string of the molecule is Cc1cc(=O)oc2cc(OCc3nnc(-c4ccc([N+](=O)[O-])cc4)o3)ccc12. The van der Waals surface area contributed by atoms with Crippen LogP contribution in [0.5, 0.6) is 5.75 Å². The van der Waals surface area contributed by atoms with Gasteiger partial charge in [0.25, 0.3) is 11.6 Å². The van der Waals surface area contributed by atoms with Gasteiger partial charge in [0.2, 0.25) is 5.89 Å². The van der Waals surface area contributed by atoms with E-state index in [0.29, 0.717) is 16.9 Å². The van der Waals surface area contributed by atoms with Crippen LogP contribution in [0.15, 0.2) is 62.2 Å². The zero-order chi connectivity index (χ0) is 19.7. The Morgan fingerprint density at radius 1 is 1.07 bits per heavy atom. The first-order valence-corrected chi connectivity index (χ1v) is 8.24. The number of rotatable bonds is 5. The van der Waals surface area contributed by atoms with Crippen molar-refractivity contribution in [2.75, 3.05) is 0 Å². The Morgan fingerprint density at radius 3 is 2.61 bits per heavy atom. The van der Waals surface area contributed by atoms with Crippen LogP contribution in [0.25, 0.3) is 22.4 Å². The Kier molecular flexibility index (Phi) is 4.32. The van der Waals surface area contributed by atoms with Gasteiger partial charge in [-0.15, -0.1) is 10.2 Å². The highest BCUT2D eigenvalue weighted by Gasteiger charge is 2.12. The molecule has 9 nitrogen and oxygen atoms in total. The molecule has 0 radical (unpaired) electrons. The summed E-state index contributed by atoms with van der Waals surface area (Å²) in [5.41, 5.74) is 1.37. The normalized spacial score (nSPS) is 10.9. The van der Waals surface area contributed by atoms with Gasteiger partial charge in [-0.3, -0.25) is 10.1 Å². The maximum Gasteiger partial charge on any atom is 0.336 e. The Hall–Kier alpha value is -4.01. The lowest BCUT2D eigenvalue weighted by atomic mass is 10.1. The van der Waals surface area contributed by atoms with Crippen molar-refractivity contribution < 1.29 is 18.5 Å². The molecule has 0 N–H and O–H groups in total. The highest BCUT2D eigenvalue weighted by Crippen LogP contribution is 2.24. The second-order valence-electron chi connectivity index (χ2n) is 6.00. The smallest absolute Gasteiger partial charge is 0.336 e. The predicted octanol–water partition coefficient (Wildman–Crippen LogP) is 3.64. The first kappa shape index (κ1) is 17.4. The van der Waals surface area contributed by atoms with E-state index in [4.69, 9.17) is 13.6 Å². The van der Waals surface area contributed by atoms with E-state index in [9.17, 15) is 14.9 Å². The molecule has 0 aliphatic carbocycles. The Morgan fingerprint density at radius 2 is 1.86 bits per heavy atom. The van der Waals surface area contributed by atoms with Gasteiger partial charge in [-0.25, -0.2) is 4.79 Å². The van der Waals surface area contributed by atoms with E-state index >= 15 is 0 Å². The predicted molar refractivity (Wildman–Crippen MR) is 97.9 cm³/mol. The fraction of sp³-hybridized carbons (Fsp3) is 0.105. The second kappa shape index (κ2) is 6.95. The number of hydrogen-bond donors (Lipinski definition) is 0. The van der Waals surface area contributed by atoms with Crippen LogP contribution in [0, 0.1) is 17.0 Å². The quantitative estimate of drug-likeness (QED) is 0.293. The molecule has 9 heteroatoms. The van der Waals surface area contributed by atoms with E-state index in [-0.39, 0.29) is 24.1 Å². The molecule has 0 spiro atoms. The summed E-state index contributed by atoms with van der Waals surface area (Å²) in [4.78, 5) is 21.7. The Balaban J connectivity index is 1.49. The lowest BCUT2D eigenvalue weighted by molar-refractivity contribution is -0.384. The van der Waals surface area contributed by atoms with Crippen LogP contribution in [0.1, 0.15) is 11.5 Å². The molecule has 0 aliphatic rings. The zero-order valence-corrected chi connectivity index (χ0v) is 14.6. The standard InChI is InChI=1S/C19H13N3O6/c1-11-8-18(23)27-16-9-14(6-7-15(11)16)26-10-17-20-21-19(28-17)12-2-4-13(5-3-12)22(24)25/h2-9H,10H2,1H3. The summed E-state index contributed by atoms with van der Waals surface area (Å²) in [5.74, 6) is 0.948. The third-order valence-corrected chi connectivity index (χ3v) is 4.08. The van der Waals surface area contributed by atoms with E-state index in [1.165, 1.54) is 30.3 Å².